The Morgan fingerprint density at radius 3 is 2.15 bits per heavy atom. The van der Waals surface area contributed by atoms with Gasteiger partial charge in [0.2, 0.25) is 11.0 Å². The van der Waals surface area contributed by atoms with Crippen molar-refractivity contribution in [2.45, 2.75) is 12.5 Å². The zero-order valence-electron chi connectivity index (χ0n) is 17.2. The Morgan fingerprint density at radius 1 is 0.848 bits per heavy atom. The summed E-state index contributed by atoms with van der Waals surface area (Å²) in [6.45, 7) is 0. The molecule has 0 aliphatic heterocycles. The highest BCUT2D eigenvalue weighted by Crippen LogP contribution is 2.26. The molecule has 1 unspecified atom stereocenters. The van der Waals surface area contributed by atoms with Crippen molar-refractivity contribution in [3.05, 3.63) is 102 Å². The van der Waals surface area contributed by atoms with Crippen molar-refractivity contribution >= 4 is 28.3 Å². The number of rotatable bonds is 7. The number of aromatic nitrogens is 2. The van der Waals surface area contributed by atoms with E-state index in [0.29, 0.717) is 10.6 Å². The number of halogens is 2. The van der Waals surface area contributed by atoms with Gasteiger partial charge in [0.25, 0.3) is 5.91 Å². The fourth-order valence-corrected chi connectivity index (χ4v) is 3.83. The van der Waals surface area contributed by atoms with E-state index in [4.69, 9.17) is 0 Å². The molecule has 0 spiro atoms. The van der Waals surface area contributed by atoms with Gasteiger partial charge in [-0.1, -0.05) is 41.7 Å². The number of anilines is 1. The fourth-order valence-electron chi connectivity index (χ4n) is 3.08. The lowest BCUT2D eigenvalue weighted by Gasteiger charge is -2.18. The van der Waals surface area contributed by atoms with Gasteiger partial charge in [-0.05, 0) is 54.1 Å². The van der Waals surface area contributed by atoms with Crippen LogP contribution in [0, 0.1) is 11.6 Å². The van der Waals surface area contributed by atoms with Crippen LogP contribution in [0.25, 0.3) is 10.6 Å². The van der Waals surface area contributed by atoms with Gasteiger partial charge in [-0.3, -0.25) is 14.9 Å². The molecule has 0 fully saturated rings. The molecule has 0 bridgehead atoms. The lowest BCUT2D eigenvalue weighted by atomic mass is 10.0. The van der Waals surface area contributed by atoms with Crippen LogP contribution >= 0.6 is 11.3 Å². The minimum absolute atomic E-state index is 0.233. The molecule has 4 rings (SSSR count). The first-order valence-corrected chi connectivity index (χ1v) is 10.8. The van der Waals surface area contributed by atoms with Crippen LogP contribution in [0.2, 0.25) is 0 Å². The van der Waals surface area contributed by atoms with E-state index in [2.05, 4.69) is 20.8 Å². The number of nitrogens with zero attached hydrogens (tertiary/aromatic N) is 2. The molecular weight excluding hydrogens is 446 g/mol. The number of benzene rings is 3. The first kappa shape index (κ1) is 22.2. The van der Waals surface area contributed by atoms with E-state index in [1.165, 1.54) is 36.4 Å². The van der Waals surface area contributed by atoms with E-state index in [9.17, 15) is 18.4 Å². The molecule has 33 heavy (non-hydrogen) atoms. The number of carbonyl (C=O) groups excluding carboxylic acids is 2. The summed E-state index contributed by atoms with van der Waals surface area (Å²) in [5, 5.41) is 14.2. The first-order chi connectivity index (χ1) is 16.0. The van der Waals surface area contributed by atoms with E-state index in [0.717, 1.165) is 16.9 Å². The highest BCUT2D eigenvalue weighted by Gasteiger charge is 2.23. The molecule has 0 aliphatic rings. The van der Waals surface area contributed by atoms with Crippen LogP contribution in [0.1, 0.15) is 15.9 Å². The number of amides is 2. The second-order valence-electron chi connectivity index (χ2n) is 7.13. The van der Waals surface area contributed by atoms with Crippen molar-refractivity contribution < 1.29 is 18.4 Å². The molecule has 1 heterocycles. The Morgan fingerprint density at radius 2 is 1.48 bits per heavy atom. The van der Waals surface area contributed by atoms with Crippen LogP contribution < -0.4 is 10.6 Å². The molecule has 0 aliphatic carbocycles. The summed E-state index contributed by atoms with van der Waals surface area (Å²) in [4.78, 5) is 25.7. The van der Waals surface area contributed by atoms with Gasteiger partial charge < -0.3 is 5.32 Å². The van der Waals surface area contributed by atoms with Crippen LogP contribution in [0.15, 0.2) is 78.9 Å². The minimum atomic E-state index is -0.914. The number of carbonyl (C=O) groups is 2. The largest absolute Gasteiger partial charge is 0.340 e. The number of nitrogens with one attached hydrogen (secondary N) is 2. The Hall–Kier alpha value is -3.98. The second-order valence-corrected chi connectivity index (χ2v) is 8.11. The zero-order chi connectivity index (χ0) is 23.2. The predicted molar refractivity (Wildman–Crippen MR) is 122 cm³/mol. The maximum absolute atomic E-state index is 13.2. The molecule has 0 radical (unpaired) electrons. The van der Waals surface area contributed by atoms with E-state index in [1.807, 2.05) is 30.3 Å². The monoisotopic (exact) mass is 464 g/mol. The van der Waals surface area contributed by atoms with E-state index in [-0.39, 0.29) is 22.9 Å². The van der Waals surface area contributed by atoms with Crippen LogP contribution in [0.5, 0.6) is 0 Å². The smallest absolute Gasteiger partial charge is 0.251 e. The van der Waals surface area contributed by atoms with Crippen molar-refractivity contribution in [1.29, 1.82) is 0 Å². The predicted octanol–water partition coefficient (Wildman–Crippen LogP) is 4.46. The van der Waals surface area contributed by atoms with Gasteiger partial charge in [-0.2, -0.15) is 0 Å². The van der Waals surface area contributed by atoms with E-state index >= 15 is 0 Å². The Bertz CT molecular complexity index is 1250. The standard InChI is InChI=1S/C24H18F2N4O2S/c25-18-10-6-16(7-11-18)21(31)27-20(14-15-4-2-1-3-5-15)22(32)28-24-30-29-23(33-24)17-8-12-19(26)13-9-17/h1-13,20H,14H2,(H,27,31)(H,28,30,32). The van der Waals surface area contributed by atoms with Crippen LogP contribution in [-0.2, 0) is 11.2 Å². The number of hydrogen-bond donors (Lipinski definition) is 2. The SMILES string of the molecule is O=C(NC(Cc1ccccc1)C(=O)Nc1nnc(-c2ccc(F)cc2)s1)c1ccc(F)cc1. The third kappa shape index (κ3) is 5.83. The third-order valence-electron chi connectivity index (χ3n) is 4.76. The summed E-state index contributed by atoms with van der Waals surface area (Å²) in [5.74, 6) is -1.80. The lowest BCUT2D eigenvalue weighted by Crippen LogP contribution is -2.45. The molecule has 0 saturated carbocycles. The average Bonchev–Trinajstić information content (AvgIpc) is 3.28. The third-order valence-corrected chi connectivity index (χ3v) is 5.64. The van der Waals surface area contributed by atoms with Gasteiger partial charge in [0.1, 0.15) is 22.7 Å². The van der Waals surface area contributed by atoms with Crippen molar-refractivity contribution in [3.63, 3.8) is 0 Å². The summed E-state index contributed by atoms with van der Waals surface area (Å²) < 4.78 is 26.3. The molecule has 1 atom stereocenters. The zero-order valence-corrected chi connectivity index (χ0v) is 18.0. The van der Waals surface area contributed by atoms with Gasteiger partial charge in [-0.25, -0.2) is 8.78 Å². The molecule has 4 aromatic rings. The molecule has 3 aromatic carbocycles. The Kier molecular flexibility index (Phi) is 6.80. The van der Waals surface area contributed by atoms with E-state index in [1.54, 1.807) is 12.1 Å². The van der Waals surface area contributed by atoms with Gasteiger partial charge in [0, 0.05) is 17.5 Å². The van der Waals surface area contributed by atoms with Gasteiger partial charge in [0.15, 0.2) is 0 Å². The molecule has 9 heteroatoms. The molecular formula is C24H18F2N4O2S. The summed E-state index contributed by atoms with van der Waals surface area (Å²) in [7, 11) is 0. The van der Waals surface area contributed by atoms with Gasteiger partial charge in [0.05, 0.1) is 0 Å². The minimum Gasteiger partial charge on any atom is -0.340 e. The van der Waals surface area contributed by atoms with Crippen molar-refractivity contribution in [3.8, 4) is 10.6 Å². The average molecular weight is 464 g/mol. The molecule has 2 amide bonds. The Balaban J connectivity index is 1.50. The van der Waals surface area contributed by atoms with Crippen molar-refractivity contribution in [2.24, 2.45) is 0 Å². The first-order valence-electron chi connectivity index (χ1n) is 9.98. The summed E-state index contributed by atoms with van der Waals surface area (Å²) in [6, 6.07) is 19.2. The van der Waals surface area contributed by atoms with Crippen LogP contribution in [-0.4, -0.2) is 28.1 Å². The molecule has 166 valence electrons. The lowest BCUT2D eigenvalue weighted by molar-refractivity contribution is -0.118. The topological polar surface area (TPSA) is 84.0 Å². The normalized spacial score (nSPS) is 11.6. The van der Waals surface area contributed by atoms with Gasteiger partial charge >= 0.3 is 0 Å². The highest BCUT2D eigenvalue weighted by atomic mass is 32.1. The second kappa shape index (κ2) is 10.1. The molecule has 1 aromatic heterocycles. The fraction of sp³-hybridized carbons (Fsp3) is 0.0833. The quantitative estimate of drug-likeness (QED) is 0.423. The van der Waals surface area contributed by atoms with E-state index < -0.39 is 23.7 Å². The van der Waals surface area contributed by atoms with Crippen molar-refractivity contribution in [1.82, 2.24) is 15.5 Å². The van der Waals surface area contributed by atoms with Crippen molar-refractivity contribution in [2.75, 3.05) is 5.32 Å². The molecule has 6 nitrogen and oxygen atoms in total. The highest BCUT2D eigenvalue weighted by molar-refractivity contribution is 7.18. The van der Waals surface area contributed by atoms with Crippen LogP contribution in [0.3, 0.4) is 0 Å². The molecule has 2 N–H and O–H groups in total. The number of hydrogen-bond acceptors (Lipinski definition) is 5. The summed E-state index contributed by atoms with van der Waals surface area (Å²) in [5.41, 5.74) is 1.75. The maximum Gasteiger partial charge on any atom is 0.251 e. The summed E-state index contributed by atoms with van der Waals surface area (Å²) in [6.07, 6.45) is 0.239. The van der Waals surface area contributed by atoms with Gasteiger partial charge in [-0.15, -0.1) is 10.2 Å². The summed E-state index contributed by atoms with van der Waals surface area (Å²) >= 11 is 1.13. The molecule has 0 saturated heterocycles. The maximum atomic E-state index is 13.2. The Labute approximate surface area is 192 Å². The van der Waals surface area contributed by atoms with Crippen LogP contribution in [0.4, 0.5) is 13.9 Å².